The van der Waals surface area contributed by atoms with Crippen LogP contribution in [0.4, 0.5) is 8.78 Å². The zero-order valence-corrected chi connectivity index (χ0v) is 10.9. The van der Waals surface area contributed by atoms with Crippen molar-refractivity contribution in [2.75, 3.05) is 7.11 Å². The summed E-state index contributed by atoms with van der Waals surface area (Å²) in [5.41, 5.74) is -0.257. The first-order valence-electron chi connectivity index (χ1n) is 5.87. The quantitative estimate of drug-likeness (QED) is 0.493. The van der Waals surface area contributed by atoms with Crippen LogP contribution in [0.25, 0.3) is 6.08 Å². The highest BCUT2D eigenvalue weighted by Gasteiger charge is 2.12. The van der Waals surface area contributed by atoms with Gasteiger partial charge in [0.25, 0.3) is 0 Å². The van der Waals surface area contributed by atoms with Gasteiger partial charge in [-0.05, 0) is 36.4 Å². The molecule has 0 amide bonds. The highest BCUT2D eigenvalue weighted by Crippen LogP contribution is 2.14. The number of rotatable bonds is 4. The SMILES string of the molecule is COC(=O)c1ccc(/C=C/C(=O)c2ccc(F)cc2F)o1. The number of halogens is 2. The number of ketones is 1. The number of esters is 1. The van der Waals surface area contributed by atoms with E-state index in [4.69, 9.17) is 4.42 Å². The zero-order valence-electron chi connectivity index (χ0n) is 10.9. The molecule has 0 bridgehead atoms. The number of ether oxygens (including phenoxy) is 1. The van der Waals surface area contributed by atoms with E-state index in [1.54, 1.807) is 0 Å². The molecule has 0 aliphatic carbocycles. The number of methoxy groups -OCH3 is 1. The normalized spacial score (nSPS) is 10.8. The van der Waals surface area contributed by atoms with Crippen molar-refractivity contribution in [3.05, 3.63) is 65.1 Å². The van der Waals surface area contributed by atoms with Crippen LogP contribution in [-0.4, -0.2) is 18.9 Å². The molecule has 2 rings (SSSR count). The van der Waals surface area contributed by atoms with Gasteiger partial charge in [-0.3, -0.25) is 4.79 Å². The zero-order chi connectivity index (χ0) is 15.4. The smallest absolute Gasteiger partial charge is 0.373 e. The Morgan fingerprint density at radius 3 is 2.62 bits per heavy atom. The maximum atomic E-state index is 13.4. The first kappa shape index (κ1) is 14.6. The summed E-state index contributed by atoms with van der Waals surface area (Å²) in [5.74, 6) is -2.79. The second kappa shape index (κ2) is 6.13. The van der Waals surface area contributed by atoms with E-state index < -0.39 is 23.4 Å². The minimum atomic E-state index is -0.945. The van der Waals surface area contributed by atoms with E-state index in [0.717, 1.165) is 18.2 Å². The Kier molecular flexibility index (Phi) is 4.27. The van der Waals surface area contributed by atoms with Crippen LogP contribution in [0, 0.1) is 11.6 Å². The minimum absolute atomic E-state index is 0.0161. The van der Waals surface area contributed by atoms with Crippen LogP contribution in [-0.2, 0) is 4.74 Å². The lowest BCUT2D eigenvalue weighted by atomic mass is 10.1. The number of hydrogen-bond donors (Lipinski definition) is 0. The minimum Gasteiger partial charge on any atom is -0.463 e. The van der Waals surface area contributed by atoms with Crippen molar-refractivity contribution in [2.45, 2.75) is 0 Å². The monoisotopic (exact) mass is 292 g/mol. The molecule has 1 heterocycles. The van der Waals surface area contributed by atoms with E-state index in [0.29, 0.717) is 6.07 Å². The van der Waals surface area contributed by atoms with E-state index >= 15 is 0 Å². The van der Waals surface area contributed by atoms with Gasteiger partial charge in [0.15, 0.2) is 5.78 Å². The lowest BCUT2D eigenvalue weighted by molar-refractivity contribution is 0.0564. The summed E-state index contributed by atoms with van der Waals surface area (Å²) in [7, 11) is 1.21. The molecule has 0 aliphatic rings. The van der Waals surface area contributed by atoms with Gasteiger partial charge >= 0.3 is 5.97 Å². The molecule has 0 fully saturated rings. The summed E-state index contributed by atoms with van der Waals surface area (Å²) in [6.07, 6.45) is 2.34. The number of hydrogen-bond acceptors (Lipinski definition) is 4. The van der Waals surface area contributed by atoms with Crippen LogP contribution < -0.4 is 0 Å². The molecule has 0 radical (unpaired) electrons. The van der Waals surface area contributed by atoms with Crippen molar-refractivity contribution in [2.24, 2.45) is 0 Å². The summed E-state index contributed by atoms with van der Waals surface area (Å²) in [4.78, 5) is 22.9. The van der Waals surface area contributed by atoms with Gasteiger partial charge in [-0.25, -0.2) is 13.6 Å². The van der Waals surface area contributed by atoms with Crippen LogP contribution in [0.2, 0.25) is 0 Å². The average Bonchev–Trinajstić information content (AvgIpc) is 2.92. The average molecular weight is 292 g/mol. The molecule has 0 atom stereocenters. The van der Waals surface area contributed by atoms with Crippen molar-refractivity contribution in [1.29, 1.82) is 0 Å². The Morgan fingerprint density at radius 2 is 1.95 bits per heavy atom. The molecular weight excluding hydrogens is 282 g/mol. The Hall–Kier alpha value is -2.76. The predicted octanol–water partition coefficient (Wildman–Crippen LogP) is 3.24. The highest BCUT2D eigenvalue weighted by atomic mass is 19.1. The van der Waals surface area contributed by atoms with Gasteiger partial charge in [0.05, 0.1) is 12.7 Å². The van der Waals surface area contributed by atoms with Crippen molar-refractivity contribution >= 4 is 17.8 Å². The molecule has 4 nitrogen and oxygen atoms in total. The van der Waals surface area contributed by atoms with Crippen LogP contribution in [0.5, 0.6) is 0 Å². The standard InChI is InChI=1S/C15H10F2O4/c1-20-15(19)14-7-4-10(21-14)3-6-13(18)11-5-2-9(16)8-12(11)17/h2-8H,1H3/b6-3+. The van der Waals surface area contributed by atoms with Crippen molar-refractivity contribution in [1.82, 2.24) is 0 Å². The van der Waals surface area contributed by atoms with Crippen LogP contribution in [0.3, 0.4) is 0 Å². The van der Waals surface area contributed by atoms with E-state index in [1.165, 1.54) is 25.3 Å². The third-order valence-corrected chi connectivity index (χ3v) is 2.61. The molecule has 108 valence electrons. The van der Waals surface area contributed by atoms with Crippen molar-refractivity contribution in [3.63, 3.8) is 0 Å². The summed E-state index contributed by atoms with van der Waals surface area (Å²) in [6, 6.07) is 5.51. The van der Waals surface area contributed by atoms with E-state index in [-0.39, 0.29) is 17.1 Å². The molecule has 0 aliphatic heterocycles. The van der Waals surface area contributed by atoms with Crippen LogP contribution >= 0.6 is 0 Å². The number of furan rings is 1. The van der Waals surface area contributed by atoms with Crippen LogP contribution in [0.15, 0.2) is 40.8 Å². The Morgan fingerprint density at radius 1 is 1.19 bits per heavy atom. The molecule has 0 saturated heterocycles. The molecule has 0 spiro atoms. The molecule has 1 aromatic carbocycles. The Balaban J connectivity index is 2.15. The predicted molar refractivity (Wildman–Crippen MR) is 69.8 cm³/mol. The third-order valence-electron chi connectivity index (χ3n) is 2.61. The van der Waals surface area contributed by atoms with Crippen molar-refractivity contribution in [3.8, 4) is 0 Å². The molecule has 2 aromatic rings. The largest absolute Gasteiger partial charge is 0.463 e. The molecule has 0 unspecified atom stereocenters. The second-order valence-electron chi connectivity index (χ2n) is 4.02. The fourth-order valence-corrected chi connectivity index (χ4v) is 1.59. The maximum Gasteiger partial charge on any atom is 0.373 e. The van der Waals surface area contributed by atoms with Gasteiger partial charge in [-0.1, -0.05) is 0 Å². The molecular formula is C15H10F2O4. The molecule has 1 aromatic heterocycles. The Bertz CT molecular complexity index is 716. The van der Waals surface area contributed by atoms with Gasteiger partial charge < -0.3 is 9.15 Å². The van der Waals surface area contributed by atoms with E-state index in [1.807, 2.05) is 0 Å². The Labute approximate surface area is 118 Å². The van der Waals surface area contributed by atoms with Gasteiger partial charge in [0, 0.05) is 6.07 Å². The summed E-state index contributed by atoms with van der Waals surface area (Å²) in [6.45, 7) is 0. The highest BCUT2D eigenvalue weighted by molar-refractivity contribution is 6.06. The molecule has 6 heteroatoms. The van der Waals surface area contributed by atoms with Gasteiger partial charge in [0.2, 0.25) is 5.76 Å². The first-order valence-corrected chi connectivity index (χ1v) is 5.87. The lowest BCUT2D eigenvalue weighted by Crippen LogP contribution is -1.99. The number of benzene rings is 1. The van der Waals surface area contributed by atoms with Gasteiger partial charge in [0.1, 0.15) is 17.4 Å². The molecule has 21 heavy (non-hydrogen) atoms. The van der Waals surface area contributed by atoms with E-state index in [9.17, 15) is 18.4 Å². The third kappa shape index (κ3) is 3.42. The lowest BCUT2D eigenvalue weighted by Gasteiger charge is -1.98. The fraction of sp³-hybridized carbons (Fsp3) is 0.0667. The summed E-state index contributed by atoms with van der Waals surface area (Å²) < 4.78 is 35.7. The maximum absolute atomic E-state index is 13.4. The van der Waals surface area contributed by atoms with Gasteiger partial charge in [-0.15, -0.1) is 0 Å². The fourth-order valence-electron chi connectivity index (χ4n) is 1.59. The first-order chi connectivity index (χ1) is 10.0. The number of carbonyl (C=O) groups is 2. The topological polar surface area (TPSA) is 56.5 Å². The summed E-state index contributed by atoms with van der Waals surface area (Å²) >= 11 is 0. The van der Waals surface area contributed by atoms with Gasteiger partial charge in [-0.2, -0.15) is 0 Å². The van der Waals surface area contributed by atoms with Crippen LogP contribution in [0.1, 0.15) is 26.7 Å². The molecule has 0 N–H and O–H groups in total. The number of allylic oxidation sites excluding steroid dienone is 1. The number of carbonyl (C=O) groups excluding carboxylic acids is 2. The summed E-state index contributed by atoms with van der Waals surface area (Å²) in [5, 5.41) is 0. The molecule has 0 saturated carbocycles. The second-order valence-corrected chi connectivity index (χ2v) is 4.02. The van der Waals surface area contributed by atoms with E-state index in [2.05, 4.69) is 4.74 Å². The van der Waals surface area contributed by atoms with Crippen molar-refractivity contribution < 1.29 is 27.5 Å².